The lowest BCUT2D eigenvalue weighted by Gasteiger charge is -2.25. The second-order valence-electron chi connectivity index (χ2n) is 14.3. The van der Waals surface area contributed by atoms with Crippen LogP contribution in [0.3, 0.4) is 0 Å². The van der Waals surface area contributed by atoms with Gasteiger partial charge in [-0.3, -0.25) is 0 Å². The number of rotatable bonds is 11. The summed E-state index contributed by atoms with van der Waals surface area (Å²) in [6.07, 6.45) is 0. The number of fused-ring (bicyclic) bond motifs is 2. The molecule has 0 radical (unpaired) electrons. The van der Waals surface area contributed by atoms with Gasteiger partial charge in [-0.1, -0.05) is 97.1 Å². The van der Waals surface area contributed by atoms with E-state index < -0.39 is 0 Å². The Morgan fingerprint density at radius 1 is 0.525 bits per heavy atom. The molecule has 0 aliphatic rings. The molecule has 61 heavy (non-hydrogen) atoms. The number of anilines is 6. The molecule has 0 aliphatic carbocycles. The first kappa shape index (κ1) is 37.3. The van der Waals surface area contributed by atoms with Gasteiger partial charge in [0.2, 0.25) is 0 Å². The Labute approximate surface area is 356 Å². The molecule has 2 heterocycles. The van der Waals surface area contributed by atoms with Gasteiger partial charge in [-0.05, 0) is 115 Å². The fourth-order valence-corrected chi connectivity index (χ4v) is 8.31. The number of ether oxygens (including phenoxy) is 1. The Morgan fingerprint density at radius 3 is 1.38 bits per heavy atom. The molecule has 0 N–H and O–H groups in total. The first-order valence-electron chi connectivity index (χ1n) is 20.0. The molecule has 0 bridgehead atoms. The van der Waals surface area contributed by atoms with Crippen LogP contribution in [0.2, 0.25) is 0 Å². The summed E-state index contributed by atoms with van der Waals surface area (Å²) in [5.74, 6) is -0.377. The standard InChI is InChI=1S/C51H37N7O2S/c1-2-60-51(59)37-27-33-44(34-28-37)58-52-47-45(35-23-29-42(30-24-35)56(38-15-7-3-8-16-38)39-17-9-4-10-18-39)49-50(55-61-54-49)46(48(47)53-58)36-25-31-43(32-26-36)57(40-19-11-5-12-20-40)41-21-13-6-14-22-41/h3-34H,2H2,1H3. The second kappa shape index (κ2) is 16.4. The number of carbonyl (C=O) groups excluding carboxylic acids is 1. The van der Waals surface area contributed by atoms with Gasteiger partial charge in [0.05, 0.1) is 17.9 Å². The van der Waals surface area contributed by atoms with Gasteiger partial charge >= 0.3 is 5.97 Å². The Balaban J connectivity index is 1.12. The number of benzene rings is 8. The summed E-state index contributed by atoms with van der Waals surface area (Å²) < 4.78 is 15.1. The maximum atomic E-state index is 12.5. The van der Waals surface area contributed by atoms with E-state index in [2.05, 4.69) is 107 Å². The minimum absolute atomic E-state index is 0.298. The molecule has 0 saturated heterocycles. The fraction of sp³-hybridized carbons (Fsp3) is 0.0392. The molecule has 9 nitrogen and oxygen atoms in total. The monoisotopic (exact) mass is 811 g/mol. The quantitative estimate of drug-likeness (QED) is 0.0942. The minimum atomic E-state index is -0.377. The van der Waals surface area contributed by atoms with Gasteiger partial charge in [0.1, 0.15) is 11.0 Å². The van der Waals surface area contributed by atoms with Crippen LogP contribution in [0.1, 0.15) is 17.3 Å². The molecule has 2 aromatic heterocycles. The summed E-state index contributed by atoms with van der Waals surface area (Å²) in [4.78, 5) is 18.6. The van der Waals surface area contributed by atoms with E-state index >= 15 is 0 Å². The zero-order chi connectivity index (χ0) is 41.1. The molecule has 0 amide bonds. The average Bonchev–Trinajstić information content (AvgIpc) is 3.99. The Hall–Kier alpha value is -7.95. The molecule has 10 aromatic rings. The number of hydrogen-bond donors (Lipinski definition) is 0. The van der Waals surface area contributed by atoms with Gasteiger partial charge in [0.25, 0.3) is 11.7 Å². The van der Waals surface area contributed by atoms with Crippen LogP contribution in [-0.4, -0.2) is 31.9 Å². The number of esters is 1. The van der Waals surface area contributed by atoms with Gasteiger partial charge in [0, 0.05) is 56.3 Å². The third-order valence-electron chi connectivity index (χ3n) is 10.5. The van der Waals surface area contributed by atoms with Crippen molar-refractivity contribution in [2.45, 2.75) is 6.92 Å². The van der Waals surface area contributed by atoms with Crippen LogP contribution >= 0.6 is 11.7 Å². The smallest absolute Gasteiger partial charge is 0.338 e. The van der Waals surface area contributed by atoms with Crippen molar-refractivity contribution >= 4 is 73.9 Å². The van der Waals surface area contributed by atoms with Crippen molar-refractivity contribution in [3.05, 3.63) is 200 Å². The van der Waals surface area contributed by atoms with E-state index in [0.717, 1.165) is 67.4 Å². The number of hydrogen-bond acceptors (Lipinski definition) is 7. The number of nitrogens with zero attached hydrogens (tertiary/aromatic N) is 7. The van der Waals surface area contributed by atoms with Crippen LogP contribution < -0.4 is 14.2 Å². The van der Waals surface area contributed by atoms with E-state index in [0.29, 0.717) is 28.9 Å². The average molecular weight is 812 g/mol. The van der Waals surface area contributed by atoms with E-state index in [1.807, 2.05) is 84.9 Å². The number of carbonyl (C=O) groups is 1. The van der Waals surface area contributed by atoms with Crippen LogP contribution in [0.5, 0.6) is 0 Å². The zero-order valence-corrected chi connectivity index (χ0v) is 33.9. The summed E-state index contributed by atoms with van der Waals surface area (Å²) in [7, 11) is 0. The second-order valence-corrected chi connectivity index (χ2v) is 14.8. The third-order valence-corrected chi connectivity index (χ3v) is 11.1. The van der Waals surface area contributed by atoms with Gasteiger partial charge in [-0.15, -0.1) is 10.2 Å². The first-order valence-corrected chi connectivity index (χ1v) is 20.7. The molecule has 0 fully saturated rings. The van der Waals surface area contributed by atoms with E-state index in [1.54, 1.807) is 23.9 Å². The van der Waals surface area contributed by atoms with Crippen molar-refractivity contribution in [3.8, 4) is 27.9 Å². The molecule has 0 unspecified atom stereocenters. The lowest BCUT2D eigenvalue weighted by molar-refractivity contribution is 0.0526. The first-order chi connectivity index (χ1) is 30.1. The van der Waals surface area contributed by atoms with Crippen molar-refractivity contribution in [1.29, 1.82) is 0 Å². The number of para-hydroxylation sites is 4. The highest BCUT2D eigenvalue weighted by molar-refractivity contribution is 7.00. The molecule has 0 saturated carbocycles. The molecular formula is C51H37N7O2S. The molecule has 294 valence electrons. The Kier molecular flexibility index (Phi) is 10.0. The van der Waals surface area contributed by atoms with E-state index in [1.165, 1.54) is 11.7 Å². The van der Waals surface area contributed by atoms with Crippen molar-refractivity contribution in [3.63, 3.8) is 0 Å². The van der Waals surface area contributed by atoms with Crippen LogP contribution in [0, 0.1) is 0 Å². The van der Waals surface area contributed by atoms with Gasteiger partial charge in [-0.2, -0.15) is 13.5 Å². The van der Waals surface area contributed by atoms with Crippen LogP contribution in [0.4, 0.5) is 34.1 Å². The lowest BCUT2D eigenvalue weighted by Crippen LogP contribution is -2.09. The van der Waals surface area contributed by atoms with E-state index in [4.69, 9.17) is 23.7 Å². The van der Waals surface area contributed by atoms with Crippen molar-refractivity contribution in [2.24, 2.45) is 0 Å². The van der Waals surface area contributed by atoms with Gasteiger partial charge in [-0.25, -0.2) is 4.79 Å². The summed E-state index contributed by atoms with van der Waals surface area (Å²) in [6.45, 7) is 2.09. The zero-order valence-electron chi connectivity index (χ0n) is 33.0. The van der Waals surface area contributed by atoms with Gasteiger partial charge in [0.15, 0.2) is 0 Å². The Morgan fingerprint density at radius 2 is 0.934 bits per heavy atom. The Bertz CT molecular complexity index is 2830. The van der Waals surface area contributed by atoms with Crippen molar-refractivity contribution < 1.29 is 9.53 Å². The van der Waals surface area contributed by atoms with E-state index in [-0.39, 0.29) is 5.97 Å². The molecule has 0 spiro atoms. The molecule has 8 aromatic carbocycles. The topological polar surface area (TPSA) is 90.5 Å². The van der Waals surface area contributed by atoms with Gasteiger partial charge < -0.3 is 14.5 Å². The normalized spacial score (nSPS) is 11.2. The van der Waals surface area contributed by atoms with Crippen LogP contribution in [-0.2, 0) is 4.74 Å². The van der Waals surface area contributed by atoms with Crippen molar-refractivity contribution in [2.75, 3.05) is 16.4 Å². The maximum absolute atomic E-state index is 12.5. The largest absolute Gasteiger partial charge is 0.462 e. The lowest BCUT2D eigenvalue weighted by atomic mass is 9.95. The summed E-state index contributed by atoms with van der Waals surface area (Å²) >= 11 is 1.18. The highest BCUT2D eigenvalue weighted by Crippen LogP contribution is 2.44. The molecule has 0 aliphatic heterocycles. The SMILES string of the molecule is CCOC(=O)c1ccc(-n2nc3c(-c4ccc(N(c5ccccc5)c5ccccc5)cc4)c4n[s+][n-]c4c(-c4ccc(N(c5ccccc5)c5ccccc5)cc4)c3n2)cc1. The molecule has 10 rings (SSSR count). The minimum Gasteiger partial charge on any atom is -0.462 e. The van der Waals surface area contributed by atoms with E-state index in [9.17, 15) is 4.79 Å². The molecule has 0 atom stereocenters. The molecular weight excluding hydrogens is 775 g/mol. The summed E-state index contributed by atoms with van der Waals surface area (Å²) in [5, 5.41) is 10.3. The predicted octanol–water partition coefficient (Wildman–Crippen LogP) is 12.7. The van der Waals surface area contributed by atoms with Crippen molar-refractivity contribution in [1.82, 2.24) is 23.7 Å². The summed E-state index contributed by atoms with van der Waals surface area (Å²) in [6, 6.07) is 65.5. The maximum Gasteiger partial charge on any atom is 0.338 e. The third kappa shape index (κ3) is 7.15. The van der Waals surface area contributed by atoms with Crippen LogP contribution in [0.15, 0.2) is 194 Å². The number of aromatic nitrogens is 5. The summed E-state index contributed by atoms with van der Waals surface area (Å²) in [5.41, 5.74) is 13.8. The fourth-order valence-electron chi connectivity index (χ4n) is 7.75. The highest BCUT2D eigenvalue weighted by Gasteiger charge is 2.24. The van der Waals surface area contributed by atoms with Crippen LogP contribution in [0.25, 0.3) is 50.0 Å². The molecule has 10 heteroatoms. The highest BCUT2D eigenvalue weighted by atomic mass is 32.1. The predicted molar refractivity (Wildman–Crippen MR) is 246 cm³/mol.